The summed E-state index contributed by atoms with van der Waals surface area (Å²) in [5, 5.41) is 2.99. The van der Waals surface area contributed by atoms with E-state index in [0.29, 0.717) is 18.8 Å². The molecule has 1 saturated carbocycles. The highest BCUT2D eigenvalue weighted by Gasteiger charge is 2.16. The molecule has 4 heteroatoms. The molecule has 0 radical (unpaired) electrons. The van der Waals surface area contributed by atoms with Gasteiger partial charge in [0.15, 0.2) is 0 Å². The largest absolute Gasteiger partial charge is 0.439 e. The van der Waals surface area contributed by atoms with E-state index in [1.807, 2.05) is 42.5 Å². The number of ether oxygens (including phenoxy) is 1. The minimum Gasteiger partial charge on any atom is -0.439 e. The normalized spacial score (nSPS) is 14.5. The molecule has 126 valence electrons. The van der Waals surface area contributed by atoms with Crippen molar-refractivity contribution in [3.8, 4) is 11.6 Å². The van der Waals surface area contributed by atoms with Crippen LogP contribution in [0.3, 0.4) is 0 Å². The number of carbonyl (C=O) groups is 1. The molecule has 1 amide bonds. The Morgan fingerprint density at radius 2 is 1.96 bits per heavy atom. The van der Waals surface area contributed by atoms with Crippen molar-refractivity contribution in [2.45, 2.75) is 45.1 Å². The first-order chi connectivity index (χ1) is 11.8. The Bertz CT molecular complexity index is 652. The second-order valence-corrected chi connectivity index (χ2v) is 6.38. The molecule has 0 bridgehead atoms. The molecule has 1 N–H and O–H groups in total. The second kappa shape index (κ2) is 8.48. The molecule has 4 nitrogen and oxygen atoms in total. The van der Waals surface area contributed by atoms with E-state index in [2.05, 4.69) is 10.3 Å². The van der Waals surface area contributed by atoms with Crippen molar-refractivity contribution in [3.63, 3.8) is 0 Å². The van der Waals surface area contributed by atoms with Gasteiger partial charge in [0.2, 0.25) is 11.8 Å². The van der Waals surface area contributed by atoms with Gasteiger partial charge in [-0.05, 0) is 36.1 Å². The Labute approximate surface area is 143 Å². The van der Waals surface area contributed by atoms with Gasteiger partial charge in [0, 0.05) is 25.2 Å². The average Bonchev–Trinajstić information content (AvgIpc) is 3.13. The zero-order valence-electron chi connectivity index (χ0n) is 13.9. The first-order valence-corrected chi connectivity index (χ1v) is 8.74. The van der Waals surface area contributed by atoms with Gasteiger partial charge in [0.05, 0.1) is 0 Å². The zero-order chi connectivity index (χ0) is 16.6. The molecule has 2 aromatic rings. The van der Waals surface area contributed by atoms with Gasteiger partial charge < -0.3 is 10.1 Å². The van der Waals surface area contributed by atoms with E-state index in [1.165, 1.54) is 25.7 Å². The maximum Gasteiger partial charge on any atom is 0.220 e. The number of rotatable bonds is 7. The van der Waals surface area contributed by atoms with E-state index in [1.54, 1.807) is 6.20 Å². The fraction of sp³-hybridized carbons (Fsp3) is 0.400. The molecular formula is C20H24N2O2. The van der Waals surface area contributed by atoms with Gasteiger partial charge in [-0.3, -0.25) is 4.79 Å². The number of nitrogens with zero attached hydrogens (tertiary/aromatic N) is 1. The molecule has 0 aliphatic heterocycles. The molecule has 1 heterocycles. The molecule has 0 unspecified atom stereocenters. The van der Waals surface area contributed by atoms with Gasteiger partial charge in [-0.15, -0.1) is 0 Å². The standard InChI is InChI=1S/C20H24N2O2/c23-19(11-10-16-6-4-5-7-16)22-15-17-12-13-21-20(14-17)24-18-8-2-1-3-9-18/h1-3,8-9,12-14,16H,4-7,10-11,15H2,(H,22,23). The van der Waals surface area contributed by atoms with E-state index >= 15 is 0 Å². The van der Waals surface area contributed by atoms with Crippen LogP contribution in [0, 0.1) is 5.92 Å². The van der Waals surface area contributed by atoms with E-state index in [9.17, 15) is 4.79 Å². The number of amides is 1. The lowest BCUT2D eigenvalue weighted by Crippen LogP contribution is -2.23. The number of nitrogens with one attached hydrogen (secondary N) is 1. The lowest BCUT2D eigenvalue weighted by atomic mass is 10.0. The topological polar surface area (TPSA) is 51.2 Å². The minimum absolute atomic E-state index is 0.129. The molecule has 1 aliphatic rings. The van der Waals surface area contributed by atoms with Gasteiger partial charge in [-0.25, -0.2) is 4.98 Å². The Morgan fingerprint density at radius 1 is 1.17 bits per heavy atom. The van der Waals surface area contributed by atoms with E-state index in [4.69, 9.17) is 4.74 Å². The van der Waals surface area contributed by atoms with Crippen LogP contribution in [0.25, 0.3) is 0 Å². The van der Waals surface area contributed by atoms with Crippen molar-refractivity contribution in [2.24, 2.45) is 5.92 Å². The SMILES string of the molecule is O=C(CCC1CCCC1)NCc1ccnc(Oc2ccccc2)c1. The molecule has 0 spiro atoms. The minimum atomic E-state index is 0.129. The summed E-state index contributed by atoms with van der Waals surface area (Å²) >= 11 is 0. The first kappa shape index (κ1) is 16.5. The molecule has 1 aromatic heterocycles. The van der Waals surface area contributed by atoms with Crippen molar-refractivity contribution in [1.29, 1.82) is 0 Å². The Kier molecular flexibility index (Phi) is 5.83. The summed E-state index contributed by atoms with van der Waals surface area (Å²) in [4.78, 5) is 16.2. The molecule has 0 saturated heterocycles. The number of carbonyl (C=O) groups excluding carboxylic acids is 1. The fourth-order valence-electron chi connectivity index (χ4n) is 3.15. The summed E-state index contributed by atoms with van der Waals surface area (Å²) in [6.07, 6.45) is 8.59. The molecule has 3 rings (SSSR count). The molecular weight excluding hydrogens is 300 g/mol. The summed E-state index contributed by atoms with van der Waals surface area (Å²) in [6.45, 7) is 0.511. The molecule has 1 fully saturated rings. The Balaban J connectivity index is 1.46. The zero-order valence-corrected chi connectivity index (χ0v) is 13.9. The summed E-state index contributed by atoms with van der Waals surface area (Å²) in [5.74, 6) is 2.17. The highest BCUT2D eigenvalue weighted by Crippen LogP contribution is 2.28. The third-order valence-electron chi connectivity index (χ3n) is 4.51. The molecule has 1 aromatic carbocycles. The smallest absolute Gasteiger partial charge is 0.220 e. The summed E-state index contributed by atoms with van der Waals surface area (Å²) in [7, 11) is 0. The second-order valence-electron chi connectivity index (χ2n) is 6.38. The summed E-state index contributed by atoms with van der Waals surface area (Å²) in [5.41, 5.74) is 0.991. The lowest BCUT2D eigenvalue weighted by molar-refractivity contribution is -0.121. The predicted octanol–water partition coefficient (Wildman–Crippen LogP) is 4.46. The van der Waals surface area contributed by atoms with Crippen LogP contribution in [0.5, 0.6) is 11.6 Å². The Morgan fingerprint density at radius 3 is 2.75 bits per heavy atom. The maximum absolute atomic E-state index is 12.0. The third kappa shape index (κ3) is 5.08. The number of hydrogen-bond donors (Lipinski definition) is 1. The van der Waals surface area contributed by atoms with E-state index in [0.717, 1.165) is 23.7 Å². The number of aromatic nitrogens is 1. The van der Waals surface area contributed by atoms with Crippen molar-refractivity contribution < 1.29 is 9.53 Å². The summed E-state index contributed by atoms with van der Waals surface area (Å²) < 4.78 is 5.72. The van der Waals surface area contributed by atoms with Gasteiger partial charge in [0.1, 0.15) is 5.75 Å². The quantitative estimate of drug-likeness (QED) is 0.818. The lowest BCUT2D eigenvalue weighted by Gasteiger charge is -2.10. The van der Waals surface area contributed by atoms with Crippen molar-refractivity contribution >= 4 is 5.91 Å². The molecule has 1 aliphatic carbocycles. The monoisotopic (exact) mass is 324 g/mol. The maximum atomic E-state index is 12.0. The molecule has 0 atom stereocenters. The van der Waals surface area contributed by atoms with Crippen LogP contribution >= 0.6 is 0 Å². The van der Waals surface area contributed by atoms with Crippen LogP contribution in [0.4, 0.5) is 0 Å². The average molecular weight is 324 g/mol. The van der Waals surface area contributed by atoms with Crippen molar-refractivity contribution in [2.75, 3.05) is 0 Å². The number of pyridine rings is 1. The fourth-order valence-corrected chi connectivity index (χ4v) is 3.15. The van der Waals surface area contributed by atoms with Crippen LogP contribution in [0.15, 0.2) is 48.7 Å². The van der Waals surface area contributed by atoms with Gasteiger partial charge in [-0.2, -0.15) is 0 Å². The number of benzene rings is 1. The van der Waals surface area contributed by atoms with E-state index < -0.39 is 0 Å². The highest BCUT2D eigenvalue weighted by molar-refractivity contribution is 5.75. The van der Waals surface area contributed by atoms with Gasteiger partial charge in [0.25, 0.3) is 0 Å². The summed E-state index contributed by atoms with van der Waals surface area (Å²) in [6, 6.07) is 13.3. The van der Waals surface area contributed by atoms with E-state index in [-0.39, 0.29) is 5.91 Å². The van der Waals surface area contributed by atoms with Crippen LogP contribution in [0.1, 0.15) is 44.1 Å². The van der Waals surface area contributed by atoms with Crippen LogP contribution in [0.2, 0.25) is 0 Å². The number of para-hydroxylation sites is 1. The third-order valence-corrected chi connectivity index (χ3v) is 4.51. The van der Waals surface area contributed by atoms with Gasteiger partial charge >= 0.3 is 0 Å². The van der Waals surface area contributed by atoms with Crippen molar-refractivity contribution in [1.82, 2.24) is 10.3 Å². The predicted molar refractivity (Wildman–Crippen MR) is 93.8 cm³/mol. The van der Waals surface area contributed by atoms with Crippen LogP contribution in [-0.2, 0) is 11.3 Å². The molecule has 24 heavy (non-hydrogen) atoms. The van der Waals surface area contributed by atoms with Crippen LogP contribution in [-0.4, -0.2) is 10.9 Å². The Hall–Kier alpha value is -2.36. The van der Waals surface area contributed by atoms with Crippen molar-refractivity contribution in [3.05, 3.63) is 54.2 Å². The van der Waals surface area contributed by atoms with Crippen LogP contribution < -0.4 is 10.1 Å². The number of hydrogen-bond acceptors (Lipinski definition) is 3. The first-order valence-electron chi connectivity index (χ1n) is 8.74. The van der Waals surface area contributed by atoms with Gasteiger partial charge in [-0.1, -0.05) is 43.9 Å². The highest BCUT2D eigenvalue weighted by atomic mass is 16.5.